The number of carbonyl (C=O) groups excluding carboxylic acids is 2. The molecular formula is C34H45ClN4O4. The summed E-state index contributed by atoms with van der Waals surface area (Å²) in [4.78, 5) is 32.2. The molecule has 0 bridgehead atoms. The molecule has 9 heteroatoms. The quantitative estimate of drug-likeness (QED) is 0.268. The molecule has 43 heavy (non-hydrogen) atoms. The zero-order valence-electron chi connectivity index (χ0n) is 25.9. The van der Waals surface area contributed by atoms with Gasteiger partial charge in [0.15, 0.2) is 12.2 Å². The summed E-state index contributed by atoms with van der Waals surface area (Å²) in [7, 11) is 0. The topological polar surface area (TPSA) is 108 Å². The Morgan fingerprint density at radius 2 is 1.84 bits per heavy atom. The van der Waals surface area contributed by atoms with Gasteiger partial charge in [0.2, 0.25) is 0 Å². The number of rotatable bonds is 14. The molecule has 1 aromatic carbocycles. The van der Waals surface area contributed by atoms with E-state index in [9.17, 15) is 19.8 Å². The number of imidazole rings is 1. The minimum Gasteiger partial charge on any atom is -0.380 e. The maximum absolute atomic E-state index is 13.3. The molecular weight excluding hydrogens is 564 g/mol. The fraction of sp³-hybridized carbons (Fsp3) is 0.441. The number of unbranched alkanes of at least 4 members (excludes halogenated alkanes) is 1. The van der Waals surface area contributed by atoms with Gasteiger partial charge in [0.25, 0.3) is 11.8 Å². The van der Waals surface area contributed by atoms with Crippen molar-refractivity contribution in [2.75, 3.05) is 6.54 Å². The molecule has 0 aliphatic heterocycles. The zero-order valence-corrected chi connectivity index (χ0v) is 26.6. The number of aliphatic hydroxyl groups is 2. The summed E-state index contributed by atoms with van der Waals surface area (Å²) in [5, 5.41) is 24.6. The van der Waals surface area contributed by atoms with Gasteiger partial charge in [-0.15, -0.1) is 0 Å². The van der Waals surface area contributed by atoms with Crippen molar-refractivity contribution < 1.29 is 19.8 Å². The molecule has 1 aliphatic carbocycles. The lowest BCUT2D eigenvalue weighted by atomic mass is 10.0. The Morgan fingerprint density at radius 1 is 1.14 bits per heavy atom. The Bertz CT molecular complexity index is 1370. The zero-order chi connectivity index (χ0) is 31.5. The summed E-state index contributed by atoms with van der Waals surface area (Å²) in [5.41, 5.74) is 4.79. The number of aromatic nitrogens is 2. The lowest BCUT2D eigenvalue weighted by molar-refractivity contribution is -0.154. The van der Waals surface area contributed by atoms with Crippen LogP contribution in [0.25, 0.3) is 6.08 Å². The van der Waals surface area contributed by atoms with E-state index in [2.05, 4.69) is 33.9 Å². The van der Waals surface area contributed by atoms with E-state index in [1.165, 1.54) is 4.90 Å². The predicted molar refractivity (Wildman–Crippen MR) is 172 cm³/mol. The van der Waals surface area contributed by atoms with Crippen molar-refractivity contribution in [2.24, 2.45) is 0 Å². The number of carbonyl (C=O) groups is 2. The fourth-order valence-corrected chi connectivity index (χ4v) is 5.19. The molecule has 0 saturated heterocycles. The van der Waals surface area contributed by atoms with Crippen molar-refractivity contribution >= 4 is 29.5 Å². The van der Waals surface area contributed by atoms with Gasteiger partial charge < -0.3 is 25.0 Å². The van der Waals surface area contributed by atoms with Crippen molar-refractivity contribution in [3.63, 3.8) is 0 Å². The van der Waals surface area contributed by atoms with Gasteiger partial charge in [-0.2, -0.15) is 0 Å². The van der Waals surface area contributed by atoms with Gasteiger partial charge in [0.1, 0.15) is 5.82 Å². The maximum atomic E-state index is 13.3. The molecule has 3 rings (SSSR count). The van der Waals surface area contributed by atoms with Gasteiger partial charge in [-0.3, -0.25) is 9.59 Å². The highest BCUT2D eigenvalue weighted by atomic mass is 35.5. The summed E-state index contributed by atoms with van der Waals surface area (Å²) in [6.45, 7) is 11.1. The molecule has 1 heterocycles. The smallest absolute Gasteiger partial charge is 0.255 e. The normalized spacial score (nSPS) is 15.4. The molecule has 232 valence electrons. The highest BCUT2D eigenvalue weighted by Gasteiger charge is 2.35. The Kier molecular flexibility index (Phi) is 13.0. The van der Waals surface area contributed by atoms with E-state index in [1.54, 1.807) is 6.08 Å². The number of hydrogen-bond donors (Lipinski definition) is 3. The van der Waals surface area contributed by atoms with Crippen LogP contribution in [0.5, 0.6) is 0 Å². The molecule has 0 radical (unpaired) electrons. The van der Waals surface area contributed by atoms with Crippen molar-refractivity contribution in [3.8, 4) is 0 Å². The van der Waals surface area contributed by atoms with Crippen LogP contribution in [0, 0.1) is 13.8 Å². The van der Waals surface area contributed by atoms with E-state index in [0.29, 0.717) is 31.0 Å². The highest BCUT2D eigenvalue weighted by molar-refractivity contribution is 6.31. The summed E-state index contributed by atoms with van der Waals surface area (Å²) in [6.07, 6.45) is 11.1. The van der Waals surface area contributed by atoms with E-state index < -0.39 is 30.1 Å². The van der Waals surface area contributed by atoms with Gasteiger partial charge in [0.05, 0.1) is 17.4 Å². The van der Waals surface area contributed by atoms with Gasteiger partial charge >= 0.3 is 0 Å². The standard InChI is InChI=1S/C34H45ClN4O4/c1-6-8-14-30-23(3)37-25(5)39(30)22-27-17-15-26(16-18-27)21-36-33(42)31(40)32(41)34(43)38(19-9-7-2)24(4)28-12-10-11-13-29(35)20-28/h8,10,12-18,20,24,31-32,40-41H,6-7,9,11,19,21-22H2,1-5H3,(H,36,42)/b14-8-/t24?,31-,32-/m1/s1. The fourth-order valence-electron chi connectivity index (χ4n) is 4.97. The van der Waals surface area contributed by atoms with E-state index in [4.69, 9.17) is 11.6 Å². The van der Waals surface area contributed by atoms with Crippen LogP contribution in [0.15, 0.2) is 65.3 Å². The Labute approximate surface area is 260 Å². The lowest BCUT2D eigenvalue weighted by Crippen LogP contribution is -2.53. The van der Waals surface area contributed by atoms with E-state index in [1.807, 2.05) is 70.2 Å². The molecule has 1 aromatic heterocycles. The number of nitrogens with zero attached hydrogens (tertiary/aromatic N) is 3. The first-order chi connectivity index (χ1) is 20.6. The second-order valence-electron chi connectivity index (χ2n) is 10.9. The van der Waals surface area contributed by atoms with Crippen molar-refractivity contribution in [2.45, 2.75) is 91.6 Å². The van der Waals surface area contributed by atoms with Crippen LogP contribution >= 0.6 is 11.6 Å². The van der Waals surface area contributed by atoms with Gasteiger partial charge in [-0.05, 0) is 68.9 Å². The van der Waals surface area contributed by atoms with Gasteiger partial charge in [0, 0.05) is 24.7 Å². The molecule has 0 spiro atoms. The minimum atomic E-state index is -1.91. The summed E-state index contributed by atoms with van der Waals surface area (Å²) >= 11 is 6.26. The van der Waals surface area contributed by atoms with Crippen LogP contribution in [0.1, 0.15) is 74.8 Å². The molecule has 3 atom stereocenters. The van der Waals surface area contributed by atoms with Crippen LogP contribution in [-0.2, 0) is 22.7 Å². The third kappa shape index (κ3) is 9.26. The van der Waals surface area contributed by atoms with Crippen LogP contribution in [0.4, 0.5) is 0 Å². The minimum absolute atomic E-state index is 0.142. The molecule has 0 saturated carbocycles. The number of amides is 2. The van der Waals surface area contributed by atoms with Crippen molar-refractivity contribution in [1.82, 2.24) is 19.8 Å². The number of aryl methyl sites for hydroxylation is 2. The number of nitrogens with one attached hydrogen (secondary N) is 1. The largest absolute Gasteiger partial charge is 0.380 e. The molecule has 0 fully saturated rings. The molecule has 2 aromatic rings. The molecule has 8 nitrogen and oxygen atoms in total. The van der Waals surface area contributed by atoms with Crippen LogP contribution in [0.2, 0.25) is 0 Å². The second-order valence-corrected chi connectivity index (χ2v) is 11.3. The Hall–Kier alpha value is -3.46. The van der Waals surface area contributed by atoms with Gasteiger partial charge in [-0.1, -0.05) is 80.4 Å². The van der Waals surface area contributed by atoms with Crippen LogP contribution in [0.3, 0.4) is 0 Å². The monoisotopic (exact) mass is 608 g/mol. The number of hydrogen-bond acceptors (Lipinski definition) is 5. The van der Waals surface area contributed by atoms with E-state index >= 15 is 0 Å². The third-order valence-electron chi connectivity index (χ3n) is 7.59. The number of aliphatic hydroxyl groups excluding tert-OH is 2. The molecule has 1 unspecified atom stereocenters. The molecule has 2 amide bonds. The van der Waals surface area contributed by atoms with Crippen LogP contribution in [-0.4, -0.2) is 61.3 Å². The Balaban J connectivity index is 1.62. The average Bonchev–Trinajstić information content (AvgIpc) is 3.12. The van der Waals surface area contributed by atoms with Crippen molar-refractivity contribution in [3.05, 3.63) is 93.6 Å². The van der Waals surface area contributed by atoms with E-state index in [-0.39, 0.29) is 6.54 Å². The molecule has 3 N–H and O–H groups in total. The number of allylic oxidation sites excluding steroid dienone is 5. The predicted octanol–water partition coefficient (Wildman–Crippen LogP) is 5.34. The second kappa shape index (κ2) is 16.4. The average molecular weight is 609 g/mol. The Morgan fingerprint density at radius 3 is 2.51 bits per heavy atom. The van der Waals surface area contributed by atoms with E-state index in [0.717, 1.165) is 46.8 Å². The van der Waals surface area contributed by atoms with Crippen LogP contribution < -0.4 is 5.32 Å². The first-order valence-electron chi connectivity index (χ1n) is 15.0. The summed E-state index contributed by atoms with van der Waals surface area (Å²) in [5.74, 6) is -0.577. The SMILES string of the molecule is CC/C=C\c1c(C)nc(C)n1Cc1ccc(CNC(=O)[C@H](O)[C@@H](O)C(=O)N(CCCC)C(C)C2=CC(Cl)=CCC=C2)cc1. The first kappa shape index (κ1) is 34.0. The lowest BCUT2D eigenvalue weighted by Gasteiger charge is -2.33. The first-order valence-corrected chi connectivity index (χ1v) is 15.4. The number of benzene rings is 1. The third-order valence-corrected chi connectivity index (χ3v) is 7.86. The van der Waals surface area contributed by atoms with Crippen molar-refractivity contribution in [1.29, 1.82) is 0 Å². The molecule has 1 aliphatic rings. The maximum Gasteiger partial charge on any atom is 0.255 e. The number of halogens is 1. The highest BCUT2D eigenvalue weighted by Crippen LogP contribution is 2.22. The van der Waals surface area contributed by atoms with Gasteiger partial charge in [-0.25, -0.2) is 4.98 Å². The summed E-state index contributed by atoms with van der Waals surface area (Å²) in [6, 6.07) is 7.39. The summed E-state index contributed by atoms with van der Waals surface area (Å²) < 4.78 is 2.17.